The number of hydrogen-bond donors (Lipinski definition) is 1. The quantitative estimate of drug-likeness (QED) is 0.746. The number of benzene rings is 2. The Hall–Kier alpha value is -2.89. The highest BCUT2D eigenvalue weighted by Crippen LogP contribution is 2.25. The van der Waals surface area contributed by atoms with Crippen molar-refractivity contribution < 1.29 is 13.7 Å². The van der Waals surface area contributed by atoms with E-state index in [9.17, 15) is 4.39 Å². The fraction of sp³-hybridized carbons (Fsp3) is 0.0667. The third kappa shape index (κ3) is 3.00. The summed E-state index contributed by atoms with van der Waals surface area (Å²) < 4.78 is 23.6. The SMILES string of the molecule is Nc1cc(F)ccc1-c1nc(COc2ccccc2)no1. The Labute approximate surface area is 120 Å². The highest BCUT2D eigenvalue weighted by atomic mass is 19.1. The molecule has 0 aliphatic carbocycles. The van der Waals surface area contributed by atoms with Gasteiger partial charge in [0.15, 0.2) is 6.61 Å². The minimum atomic E-state index is -0.414. The Balaban J connectivity index is 1.74. The van der Waals surface area contributed by atoms with Crippen LogP contribution in [0.5, 0.6) is 5.75 Å². The van der Waals surface area contributed by atoms with E-state index in [1.165, 1.54) is 18.2 Å². The zero-order valence-corrected chi connectivity index (χ0v) is 11.0. The lowest BCUT2D eigenvalue weighted by molar-refractivity contribution is 0.287. The first-order chi connectivity index (χ1) is 10.2. The molecule has 0 aliphatic rings. The largest absolute Gasteiger partial charge is 0.485 e. The number of rotatable bonds is 4. The Morgan fingerprint density at radius 3 is 2.71 bits per heavy atom. The van der Waals surface area contributed by atoms with E-state index in [2.05, 4.69) is 10.1 Å². The molecule has 0 saturated heterocycles. The molecule has 0 unspecified atom stereocenters. The molecule has 0 aliphatic heterocycles. The Kier molecular flexibility index (Phi) is 3.51. The summed E-state index contributed by atoms with van der Waals surface area (Å²) in [6.45, 7) is 0.175. The summed E-state index contributed by atoms with van der Waals surface area (Å²) >= 11 is 0. The number of hydrogen-bond acceptors (Lipinski definition) is 5. The van der Waals surface area contributed by atoms with Crippen molar-refractivity contribution in [3.05, 3.63) is 60.2 Å². The molecule has 3 aromatic rings. The van der Waals surface area contributed by atoms with Gasteiger partial charge in [0.05, 0.1) is 5.56 Å². The number of ether oxygens (including phenoxy) is 1. The molecular formula is C15H12FN3O2. The van der Waals surface area contributed by atoms with Crippen LogP contribution in [0.25, 0.3) is 11.5 Å². The lowest BCUT2D eigenvalue weighted by Gasteiger charge is -2.01. The van der Waals surface area contributed by atoms with Crippen molar-refractivity contribution >= 4 is 5.69 Å². The van der Waals surface area contributed by atoms with Crippen LogP contribution in [0.2, 0.25) is 0 Å². The average molecular weight is 285 g/mol. The molecule has 0 saturated carbocycles. The second-order valence-electron chi connectivity index (χ2n) is 4.35. The van der Waals surface area contributed by atoms with Crippen LogP contribution in [0.3, 0.4) is 0 Å². The Morgan fingerprint density at radius 1 is 1.14 bits per heavy atom. The molecule has 0 amide bonds. The van der Waals surface area contributed by atoms with Crippen LogP contribution < -0.4 is 10.5 Å². The number of nitrogen functional groups attached to an aromatic ring is 1. The number of para-hydroxylation sites is 1. The van der Waals surface area contributed by atoms with Crippen LogP contribution in [0, 0.1) is 5.82 Å². The van der Waals surface area contributed by atoms with E-state index in [1.54, 1.807) is 0 Å². The van der Waals surface area contributed by atoms with E-state index in [0.29, 0.717) is 17.1 Å². The van der Waals surface area contributed by atoms with E-state index in [-0.39, 0.29) is 18.2 Å². The predicted molar refractivity (Wildman–Crippen MR) is 74.9 cm³/mol. The van der Waals surface area contributed by atoms with Gasteiger partial charge in [-0.15, -0.1) is 0 Å². The summed E-state index contributed by atoms with van der Waals surface area (Å²) in [5, 5.41) is 3.81. The topological polar surface area (TPSA) is 74.2 Å². The van der Waals surface area contributed by atoms with Crippen molar-refractivity contribution in [1.29, 1.82) is 0 Å². The Bertz CT molecular complexity index is 744. The molecule has 5 nitrogen and oxygen atoms in total. The van der Waals surface area contributed by atoms with E-state index in [4.69, 9.17) is 15.0 Å². The van der Waals surface area contributed by atoms with Crippen molar-refractivity contribution in [3.63, 3.8) is 0 Å². The molecule has 1 heterocycles. The van der Waals surface area contributed by atoms with Gasteiger partial charge < -0.3 is 15.0 Å². The maximum atomic E-state index is 13.0. The summed E-state index contributed by atoms with van der Waals surface area (Å²) in [4.78, 5) is 4.18. The van der Waals surface area contributed by atoms with Gasteiger partial charge in [0, 0.05) is 5.69 Å². The average Bonchev–Trinajstić information content (AvgIpc) is 2.95. The van der Waals surface area contributed by atoms with E-state index < -0.39 is 5.82 Å². The van der Waals surface area contributed by atoms with Crippen LogP contribution >= 0.6 is 0 Å². The minimum absolute atomic E-state index is 0.175. The molecule has 3 rings (SSSR count). The smallest absolute Gasteiger partial charge is 0.260 e. The highest BCUT2D eigenvalue weighted by Gasteiger charge is 2.12. The molecule has 21 heavy (non-hydrogen) atoms. The van der Waals surface area contributed by atoms with Crippen molar-refractivity contribution in [2.24, 2.45) is 0 Å². The maximum Gasteiger partial charge on any atom is 0.260 e. The standard InChI is InChI=1S/C15H12FN3O2/c16-10-6-7-12(13(17)8-10)15-18-14(19-21-15)9-20-11-4-2-1-3-5-11/h1-8H,9,17H2. The molecule has 0 atom stereocenters. The molecule has 6 heteroatoms. The monoisotopic (exact) mass is 285 g/mol. The first kappa shape index (κ1) is 13.1. The molecule has 0 fully saturated rings. The van der Waals surface area contributed by atoms with Crippen molar-refractivity contribution in [2.75, 3.05) is 5.73 Å². The summed E-state index contributed by atoms with van der Waals surface area (Å²) in [5.41, 5.74) is 6.47. The second kappa shape index (κ2) is 5.62. The lowest BCUT2D eigenvalue weighted by Crippen LogP contribution is -1.97. The van der Waals surface area contributed by atoms with Crippen molar-refractivity contribution in [1.82, 2.24) is 10.1 Å². The zero-order chi connectivity index (χ0) is 14.7. The number of anilines is 1. The van der Waals surface area contributed by atoms with Crippen molar-refractivity contribution in [2.45, 2.75) is 6.61 Å². The fourth-order valence-electron chi connectivity index (χ4n) is 1.81. The molecular weight excluding hydrogens is 273 g/mol. The predicted octanol–water partition coefficient (Wildman–Crippen LogP) is 3.04. The second-order valence-corrected chi connectivity index (χ2v) is 4.35. The first-order valence-electron chi connectivity index (χ1n) is 6.28. The van der Waals surface area contributed by atoms with E-state index in [1.807, 2.05) is 30.3 Å². The molecule has 0 radical (unpaired) electrons. The van der Waals surface area contributed by atoms with Crippen LogP contribution in [0.4, 0.5) is 10.1 Å². The van der Waals surface area contributed by atoms with E-state index >= 15 is 0 Å². The van der Waals surface area contributed by atoms with Gasteiger partial charge in [-0.1, -0.05) is 23.4 Å². The molecule has 0 spiro atoms. The fourth-order valence-corrected chi connectivity index (χ4v) is 1.81. The normalized spacial score (nSPS) is 10.5. The van der Waals surface area contributed by atoms with Gasteiger partial charge >= 0.3 is 0 Å². The first-order valence-corrected chi connectivity index (χ1v) is 6.28. The van der Waals surface area contributed by atoms with Crippen LogP contribution in [0.15, 0.2) is 53.1 Å². The maximum absolute atomic E-state index is 13.0. The summed E-state index contributed by atoms with van der Waals surface area (Å²) in [5.74, 6) is 0.922. The molecule has 2 aromatic carbocycles. The summed E-state index contributed by atoms with van der Waals surface area (Å²) in [7, 11) is 0. The van der Waals surface area contributed by atoms with Gasteiger partial charge in [-0.2, -0.15) is 4.98 Å². The third-order valence-corrected chi connectivity index (χ3v) is 2.82. The van der Waals surface area contributed by atoms with Gasteiger partial charge in [0.2, 0.25) is 5.82 Å². The van der Waals surface area contributed by atoms with Gasteiger partial charge in [0.25, 0.3) is 5.89 Å². The van der Waals surface area contributed by atoms with Crippen LogP contribution in [-0.2, 0) is 6.61 Å². The van der Waals surface area contributed by atoms with Gasteiger partial charge in [-0.3, -0.25) is 0 Å². The van der Waals surface area contributed by atoms with E-state index in [0.717, 1.165) is 0 Å². The van der Waals surface area contributed by atoms with Crippen LogP contribution in [-0.4, -0.2) is 10.1 Å². The lowest BCUT2D eigenvalue weighted by atomic mass is 10.2. The Morgan fingerprint density at radius 2 is 1.95 bits per heavy atom. The van der Waals surface area contributed by atoms with Crippen LogP contribution in [0.1, 0.15) is 5.82 Å². The third-order valence-electron chi connectivity index (χ3n) is 2.82. The summed E-state index contributed by atoms with van der Waals surface area (Å²) in [6, 6.07) is 13.3. The number of aromatic nitrogens is 2. The van der Waals surface area contributed by atoms with Crippen molar-refractivity contribution in [3.8, 4) is 17.2 Å². The summed E-state index contributed by atoms with van der Waals surface area (Å²) in [6.07, 6.45) is 0. The minimum Gasteiger partial charge on any atom is -0.485 e. The van der Waals surface area contributed by atoms with Gasteiger partial charge in [0.1, 0.15) is 11.6 Å². The number of halogens is 1. The number of nitrogens with two attached hydrogens (primary N) is 1. The number of nitrogens with zero attached hydrogens (tertiary/aromatic N) is 2. The molecule has 2 N–H and O–H groups in total. The van der Waals surface area contributed by atoms with Gasteiger partial charge in [-0.05, 0) is 30.3 Å². The van der Waals surface area contributed by atoms with Gasteiger partial charge in [-0.25, -0.2) is 4.39 Å². The molecule has 106 valence electrons. The zero-order valence-electron chi connectivity index (χ0n) is 11.0. The molecule has 0 bridgehead atoms. The highest BCUT2D eigenvalue weighted by molar-refractivity contribution is 5.70. The molecule has 1 aromatic heterocycles.